The average Bonchev–Trinajstić information content (AvgIpc) is 1.92. The highest BCUT2D eigenvalue weighted by Gasteiger charge is 2.09. The third-order valence-electron chi connectivity index (χ3n) is 1.41. The van der Waals surface area contributed by atoms with Crippen LogP contribution in [0, 0.1) is 6.92 Å². The van der Waals surface area contributed by atoms with Crippen molar-refractivity contribution < 1.29 is 8.42 Å². The lowest BCUT2D eigenvalue weighted by Gasteiger charge is -1.99. The Balaban J connectivity index is 3.33. The fraction of sp³-hybridized carbons (Fsp3) is 0.143. The summed E-state index contributed by atoms with van der Waals surface area (Å²) in [6, 6.07) is 4.86. The van der Waals surface area contributed by atoms with Crippen molar-refractivity contribution in [3.63, 3.8) is 0 Å². The van der Waals surface area contributed by atoms with Gasteiger partial charge in [0.1, 0.15) is 0 Å². The summed E-state index contributed by atoms with van der Waals surface area (Å²) < 4.78 is 22.9. The van der Waals surface area contributed by atoms with Gasteiger partial charge in [-0.15, -0.1) is 0 Å². The molecule has 0 heterocycles. The molecule has 2 nitrogen and oxygen atoms in total. The summed E-state index contributed by atoms with van der Waals surface area (Å²) in [4.78, 5) is 0.281. The third-order valence-corrected chi connectivity index (χ3v) is 4.24. The van der Waals surface area contributed by atoms with E-state index in [9.17, 15) is 8.42 Å². The van der Waals surface area contributed by atoms with Crippen LogP contribution in [0.2, 0.25) is 0 Å². The van der Waals surface area contributed by atoms with Gasteiger partial charge in [-0.1, -0.05) is 15.9 Å². The Morgan fingerprint density at radius 2 is 1.92 bits per heavy atom. The fourth-order valence-corrected chi connectivity index (χ4v) is 2.17. The highest BCUT2D eigenvalue weighted by molar-refractivity contribution is 9.47. The van der Waals surface area contributed by atoms with Gasteiger partial charge in [0, 0.05) is 4.47 Å². The van der Waals surface area contributed by atoms with E-state index in [2.05, 4.69) is 30.7 Å². The average molecular weight is 314 g/mol. The minimum Gasteiger partial charge on any atom is -0.212 e. The Kier molecular flexibility index (Phi) is 2.96. The van der Waals surface area contributed by atoms with Gasteiger partial charge in [-0.2, -0.15) is 0 Å². The first-order valence-electron chi connectivity index (χ1n) is 3.12. The molecule has 0 aliphatic rings. The molecule has 0 bridgehead atoms. The van der Waals surface area contributed by atoms with Crippen molar-refractivity contribution in [1.29, 1.82) is 0 Å². The predicted octanol–water partition coefficient (Wildman–Crippen LogP) is 2.84. The van der Waals surface area contributed by atoms with Crippen molar-refractivity contribution in [2.24, 2.45) is 0 Å². The summed E-state index contributed by atoms with van der Waals surface area (Å²) in [6.45, 7) is 1.84. The summed E-state index contributed by atoms with van der Waals surface area (Å²) in [7, 11) is -3.25. The van der Waals surface area contributed by atoms with Crippen LogP contribution in [0.4, 0.5) is 0 Å². The lowest BCUT2D eigenvalue weighted by Crippen LogP contribution is -1.90. The van der Waals surface area contributed by atoms with E-state index >= 15 is 0 Å². The van der Waals surface area contributed by atoms with Crippen LogP contribution in [0.15, 0.2) is 27.6 Å². The molecule has 1 aromatic rings. The first-order valence-corrected chi connectivity index (χ1v) is 7.24. The van der Waals surface area contributed by atoms with E-state index in [1.54, 1.807) is 18.2 Å². The molecule has 0 fully saturated rings. The van der Waals surface area contributed by atoms with Crippen LogP contribution in [-0.2, 0) is 8.27 Å². The number of benzene rings is 1. The second-order valence-corrected chi connectivity index (χ2v) is 7.11. The summed E-state index contributed by atoms with van der Waals surface area (Å²) in [5.41, 5.74) is 0.899. The van der Waals surface area contributed by atoms with Crippen molar-refractivity contribution >= 4 is 39.0 Å². The maximum Gasteiger partial charge on any atom is 0.237 e. The normalized spacial score (nSPS) is 11.6. The largest absolute Gasteiger partial charge is 0.237 e. The molecule has 5 heteroatoms. The molecule has 0 aliphatic carbocycles. The van der Waals surface area contributed by atoms with E-state index in [1.165, 1.54) is 0 Å². The van der Waals surface area contributed by atoms with E-state index in [0.717, 1.165) is 10.0 Å². The predicted molar refractivity (Wildman–Crippen MR) is 55.0 cm³/mol. The quantitative estimate of drug-likeness (QED) is 0.747. The maximum absolute atomic E-state index is 11.0. The molecule has 0 aliphatic heterocycles. The van der Waals surface area contributed by atoms with Gasteiger partial charge < -0.3 is 0 Å². The Morgan fingerprint density at radius 1 is 1.33 bits per heavy atom. The van der Waals surface area contributed by atoms with Gasteiger partial charge in [-0.05, 0) is 30.7 Å². The minimum atomic E-state index is -3.25. The number of hydrogen-bond donors (Lipinski definition) is 0. The van der Waals surface area contributed by atoms with Crippen molar-refractivity contribution in [1.82, 2.24) is 0 Å². The summed E-state index contributed by atoms with van der Waals surface area (Å²) in [6.07, 6.45) is 0. The van der Waals surface area contributed by atoms with Crippen molar-refractivity contribution in [3.05, 3.63) is 28.2 Å². The van der Waals surface area contributed by atoms with E-state index in [4.69, 9.17) is 0 Å². The van der Waals surface area contributed by atoms with Crippen LogP contribution in [0.1, 0.15) is 5.56 Å². The second-order valence-electron chi connectivity index (χ2n) is 2.35. The van der Waals surface area contributed by atoms with Gasteiger partial charge in [-0.3, -0.25) is 0 Å². The SMILES string of the molecule is Cc1cc(S(=O)(=O)Br)ccc1Br. The monoisotopic (exact) mass is 312 g/mol. The van der Waals surface area contributed by atoms with Gasteiger partial charge in [0.05, 0.1) is 19.7 Å². The van der Waals surface area contributed by atoms with E-state index < -0.39 is 8.27 Å². The van der Waals surface area contributed by atoms with Crippen LogP contribution in [-0.4, -0.2) is 8.42 Å². The van der Waals surface area contributed by atoms with Crippen LogP contribution in [0.3, 0.4) is 0 Å². The molecular formula is C7H6Br2O2S. The zero-order valence-corrected chi connectivity index (χ0v) is 10.2. The molecule has 0 unspecified atom stereocenters. The molecule has 0 atom stereocenters. The molecule has 0 saturated carbocycles. The summed E-state index contributed by atoms with van der Waals surface area (Å²) in [5.74, 6) is 0. The van der Waals surface area contributed by atoms with Crippen molar-refractivity contribution in [3.8, 4) is 0 Å². The van der Waals surface area contributed by atoms with E-state index in [1.807, 2.05) is 6.92 Å². The molecule has 66 valence electrons. The van der Waals surface area contributed by atoms with E-state index in [0.29, 0.717) is 0 Å². The van der Waals surface area contributed by atoms with Gasteiger partial charge in [0.25, 0.3) is 0 Å². The van der Waals surface area contributed by atoms with Gasteiger partial charge >= 0.3 is 0 Å². The van der Waals surface area contributed by atoms with Gasteiger partial charge in [0.2, 0.25) is 8.27 Å². The Labute approximate surface area is 87.2 Å². The molecule has 1 rings (SSSR count). The van der Waals surface area contributed by atoms with Crippen molar-refractivity contribution in [2.45, 2.75) is 11.8 Å². The number of halogens is 2. The highest BCUT2D eigenvalue weighted by atomic mass is 79.9. The number of hydrogen-bond acceptors (Lipinski definition) is 2. The topological polar surface area (TPSA) is 34.1 Å². The molecular weight excluding hydrogens is 308 g/mol. The zero-order chi connectivity index (χ0) is 9.35. The molecule has 0 amide bonds. The first-order chi connectivity index (χ1) is 5.41. The molecule has 0 radical (unpaired) electrons. The summed E-state index contributed by atoms with van der Waals surface area (Å²) in [5, 5.41) is 0. The summed E-state index contributed by atoms with van der Waals surface area (Å²) >= 11 is 5.89. The molecule has 0 N–H and O–H groups in total. The smallest absolute Gasteiger partial charge is 0.212 e. The second kappa shape index (κ2) is 3.47. The zero-order valence-electron chi connectivity index (χ0n) is 6.21. The Hall–Kier alpha value is 0.130. The van der Waals surface area contributed by atoms with Crippen LogP contribution < -0.4 is 0 Å². The Bertz CT molecular complexity index is 398. The van der Waals surface area contributed by atoms with Crippen molar-refractivity contribution in [2.75, 3.05) is 0 Å². The molecule has 0 saturated heterocycles. The van der Waals surface area contributed by atoms with Crippen LogP contribution in [0.25, 0.3) is 0 Å². The Morgan fingerprint density at radius 3 is 2.33 bits per heavy atom. The molecule has 1 aromatic carbocycles. The molecule has 12 heavy (non-hydrogen) atoms. The third kappa shape index (κ3) is 2.31. The minimum absolute atomic E-state index is 0.281. The van der Waals surface area contributed by atoms with Gasteiger partial charge in [-0.25, -0.2) is 8.42 Å². The standard InChI is InChI=1S/C7H6Br2O2S/c1-5-4-6(12(9,10)11)2-3-7(5)8/h2-4H,1H3. The lowest BCUT2D eigenvalue weighted by molar-refractivity contribution is 0.611. The molecule has 0 spiro atoms. The van der Waals surface area contributed by atoms with Crippen LogP contribution >= 0.6 is 30.7 Å². The number of rotatable bonds is 1. The van der Waals surface area contributed by atoms with E-state index in [-0.39, 0.29) is 4.90 Å². The molecule has 0 aromatic heterocycles. The lowest BCUT2D eigenvalue weighted by atomic mass is 10.2. The van der Waals surface area contributed by atoms with Crippen LogP contribution in [0.5, 0.6) is 0 Å². The maximum atomic E-state index is 11.0. The number of aryl methyl sites for hydroxylation is 1. The van der Waals surface area contributed by atoms with Gasteiger partial charge in [0.15, 0.2) is 0 Å². The first kappa shape index (κ1) is 10.2. The highest BCUT2D eigenvalue weighted by Crippen LogP contribution is 2.22. The fourth-order valence-electron chi connectivity index (χ4n) is 0.769.